The van der Waals surface area contributed by atoms with Crippen LogP contribution in [0.15, 0.2) is 146 Å². The van der Waals surface area contributed by atoms with Crippen LogP contribution in [0.3, 0.4) is 0 Å². The monoisotopic (exact) mass is 615 g/mol. The Bertz CT molecular complexity index is 1970. The van der Waals surface area contributed by atoms with Crippen LogP contribution in [0.4, 0.5) is 0 Å². The average Bonchev–Trinajstić information content (AvgIpc) is 3.09. The van der Waals surface area contributed by atoms with Crippen molar-refractivity contribution in [1.29, 1.82) is 0 Å². The van der Waals surface area contributed by atoms with Gasteiger partial charge in [-0.05, 0) is 53.7 Å². The summed E-state index contributed by atoms with van der Waals surface area (Å²) in [5, 5.41) is 4.55. The quantitative estimate of drug-likeness (QED) is 0.161. The number of rotatable bonds is 0. The maximum atomic E-state index is 4.49. The molecule has 9 rings (SSSR count). The molecule has 0 spiro atoms. The Labute approximate surface area is 265 Å². The molecule has 2 aromatic carbocycles. The molecular formula is C37H28CoN6. The number of likely N-dealkylation sites (N-methyl/N-ethyl adjacent to an activating group) is 1. The molecule has 6 nitrogen and oxygen atoms in total. The molecule has 44 heavy (non-hydrogen) atoms. The van der Waals surface area contributed by atoms with E-state index in [1.165, 1.54) is 11.1 Å². The molecule has 1 aliphatic heterocycles. The number of hydrogen-bond donors (Lipinski definition) is 0. The van der Waals surface area contributed by atoms with Gasteiger partial charge in [0.25, 0.3) is 0 Å². The minimum atomic E-state index is 0. The molecule has 215 valence electrons. The van der Waals surface area contributed by atoms with Crippen LogP contribution in [0.1, 0.15) is 17.3 Å². The third-order valence-corrected chi connectivity index (χ3v) is 7.61. The molecule has 1 unspecified atom stereocenters. The molecule has 0 saturated carbocycles. The molecule has 7 heteroatoms. The number of pyridine rings is 5. The SMILES string of the molecule is CN1C=CC=C2C=Cc3cccnc3C21.[Co].c1cnc2c(c1)ccc1cccnc12.c1cnc2c(c1)ccc1cccnc12. The summed E-state index contributed by atoms with van der Waals surface area (Å²) in [4.78, 5) is 24.1. The number of benzene rings is 2. The predicted molar refractivity (Wildman–Crippen MR) is 175 cm³/mol. The van der Waals surface area contributed by atoms with Crippen LogP contribution in [-0.4, -0.2) is 36.9 Å². The van der Waals surface area contributed by atoms with Gasteiger partial charge in [-0.15, -0.1) is 0 Å². The first-order valence-corrected chi connectivity index (χ1v) is 14.2. The third-order valence-electron chi connectivity index (χ3n) is 7.61. The smallest absolute Gasteiger partial charge is 0.0964 e. The Morgan fingerprint density at radius 1 is 0.523 bits per heavy atom. The van der Waals surface area contributed by atoms with E-state index in [2.05, 4.69) is 122 Å². The molecule has 1 radical (unpaired) electrons. The number of hydrogen-bond acceptors (Lipinski definition) is 6. The summed E-state index contributed by atoms with van der Waals surface area (Å²) < 4.78 is 0. The van der Waals surface area contributed by atoms with Crippen LogP contribution in [0, 0.1) is 0 Å². The van der Waals surface area contributed by atoms with E-state index in [4.69, 9.17) is 0 Å². The Kier molecular flexibility index (Phi) is 8.49. The molecule has 7 aromatic rings. The Morgan fingerprint density at radius 2 is 0.955 bits per heavy atom. The second-order valence-corrected chi connectivity index (χ2v) is 10.3. The predicted octanol–water partition coefficient (Wildman–Crippen LogP) is 8.10. The van der Waals surface area contributed by atoms with Crippen LogP contribution < -0.4 is 0 Å². The van der Waals surface area contributed by atoms with Crippen LogP contribution in [-0.2, 0) is 16.8 Å². The second-order valence-electron chi connectivity index (χ2n) is 10.3. The molecule has 0 N–H and O–H groups in total. The van der Waals surface area contributed by atoms with Crippen molar-refractivity contribution in [2.45, 2.75) is 6.04 Å². The van der Waals surface area contributed by atoms with E-state index in [0.717, 1.165) is 49.3 Å². The number of allylic oxidation sites excluding steroid dienone is 2. The number of nitrogens with zero attached hydrogens (tertiary/aromatic N) is 6. The van der Waals surface area contributed by atoms with Crippen molar-refractivity contribution in [1.82, 2.24) is 29.8 Å². The summed E-state index contributed by atoms with van der Waals surface area (Å²) in [6, 6.07) is 28.7. The van der Waals surface area contributed by atoms with E-state index < -0.39 is 0 Å². The van der Waals surface area contributed by atoms with E-state index in [9.17, 15) is 0 Å². The second kappa shape index (κ2) is 13.0. The molecule has 2 aliphatic rings. The van der Waals surface area contributed by atoms with Crippen molar-refractivity contribution in [3.05, 3.63) is 157 Å². The van der Waals surface area contributed by atoms with Gasteiger partial charge in [0.2, 0.25) is 0 Å². The molecule has 1 aliphatic carbocycles. The van der Waals surface area contributed by atoms with E-state index in [1.807, 2.05) is 36.5 Å². The molecule has 0 amide bonds. The maximum absolute atomic E-state index is 4.49. The fraction of sp³-hybridized carbons (Fsp3) is 0.0541. The first-order valence-electron chi connectivity index (χ1n) is 14.2. The normalized spacial score (nSPS) is 14.4. The molecular weight excluding hydrogens is 587 g/mol. The van der Waals surface area contributed by atoms with E-state index >= 15 is 0 Å². The topological polar surface area (TPSA) is 67.7 Å². The summed E-state index contributed by atoms with van der Waals surface area (Å²) >= 11 is 0. The Morgan fingerprint density at radius 3 is 1.43 bits per heavy atom. The number of fused-ring (bicyclic) bond motifs is 9. The van der Waals surface area contributed by atoms with Crippen molar-refractivity contribution in [3.8, 4) is 0 Å². The molecule has 5 aromatic heterocycles. The summed E-state index contributed by atoms with van der Waals surface area (Å²) in [6.07, 6.45) is 19.7. The fourth-order valence-electron chi connectivity index (χ4n) is 5.54. The van der Waals surface area contributed by atoms with Gasteiger partial charge in [0.15, 0.2) is 0 Å². The summed E-state index contributed by atoms with van der Waals surface area (Å²) in [5.74, 6) is 0. The van der Waals surface area contributed by atoms with Gasteiger partial charge in [-0.25, -0.2) is 0 Å². The molecule has 0 fully saturated rings. The van der Waals surface area contributed by atoms with Gasteiger partial charge >= 0.3 is 0 Å². The van der Waals surface area contributed by atoms with Gasteiger partial charge in [-0.3, -0.25) is 24.9 Å². The maximum Gasteiger partial charge on any atom is 0.0964 e. The minimum absolute atomic E-state index is 0. The van der Waals surface area contributed by atoms with Crippen molar-refractivity contribution in [3.63, 3.8) is 0 Å². The molecule has 1 atom stereocenters. The number of aromatic nitrogens is 5. The van der Waals surface area contributed by atoms with Gasteiger partial charge in [0, 0.05) is 76.4 Å². The summed E-state index contributed by atoms with van der Waals surface area (Å²) in [5.41, 5.74) is 7.60. The largest absolute Gasteiger partial charge is 0.368 e. The molecule has 0 bridgehead atoms. The summed E-state index contributed by atoms with van der Waals surface area (Å²) in [7, 11) is 2.09. The van der Waals surface area contributed by atoms with Gasteiger partial charge < -0.3 is 4.90 Å². The van der Waals surface area contributed by atoms with Crippen molar-refractivity contribution >= 4 is 49.7 Å². The standard InChI is InChI=1S/C13H12N2.2C12H8N2.Co/c1-15-9-3-5-11-7-6-10-4-2-8-14-12(10)13(11)15;2*1-3-9-5-6-10-4-2-8-14-12(10)11(9)13-7-1;/h2-9,13H,1H3;2*1-8H;. The van der Waals surface area contributed by atoms with Crippen molar-refractivity contribution < 1.29 is 16.8 Å². The first-order chi connectivity index (χ1) is 21.3. The van der Waals surface area contributed by atoms with Crippen LogP contribution in [0.25, 0.3) is 49.7 Å². The van der Waals surface area contributed by atoms with Gasteiger partial charge in [-0.2, -0.15) is 0 Å². The Balaban J connectivity index is 0.000000116. The van der Waals surface area contributed by atoms with Gasteiger partial charge in [0.1, 0.15) is 0 Å². The first kappa shape index (κ1) is 28.9. The summed E-state index contributed by atoms with van der Waals surface area (Å²) in [6.45, 7) is 0. The minimum Gasteiger partial charge on any atom is -0.368 e. The van der Waals surface area contributed by atoms with Crippen molar-refractivity contribution in [2.24, 2.45) is 0 Å². The van der Waals surface area contributed by atoms with Gasteiger partial charge in [-0.1, -0.05) is 72.8 Å². The van der Waals surface area contributed by atoms with E-state index in [1.54, 1.807) is 24.8 Å². The van der Waals surface area contributed by atoms with Crippen LogP contribution in [0.5, 0.6) is 0 Å². The average molecular weight is 616 g/mol. The fourth-order valence-corrected chi connectivity index (χ4v) is 5.54. The van der Waals surface area contributed by atoms with E-state index in [-0.39, 0.29) is 22.8 Å². The zero-order valence-corrected chi connectivity index (χ0v) is 25.0. The van der Waals surface area contributed by atoms with E-state index in [0.29, 0.717) is 0 Å². The van der Waals surface area contributed by atoms with Crippen molar-refractivity contribution in [2.75, 3.05) is 7.05 Å². The van der Waals surface area contributed by atoms with Crippen LogP contribution in [0.2, 0.25) is 0 Å². The van der Waals surface area contributed by atoms with Gasteiger partial charge in [0.05, 0.1) is 33.8 Å². The third kappa shape index (κ3) is 5.71. The molecule has 6 heterocycles. The Hall–Kier alpha value is -5.24. The zero-order valence-electron chi connectivity index (χ0n) is 24.0. The molecule has 0 saturated heterocycles. The zero-order chi connectivity index (χ0) is 29.0. The van der Waals surface area contributed by atoms with Crippen LogP contribution >= 0.6 is 0 Å².